The van der Waals surface area contributed by atoms with Crippen molar-refractivity contribution in [1.82, 2.24) is 0 Å². The molecule has 0 unspecified atom stereocenters. The first-order valence-corrected chi connectivity index (χ1v) is 11.2. The number of carbonyl (C=O) groups is 1. The average Bonchev–Trinajstić information content (AvgIpc) is 2.83. The number of rotatable bonds is 10. The summed E-state index contributed by atoms with van der Waals surface area (Å²) < 4.78 is 19.7. The van der Waals surface area contributed by atoms with E-state index in [0.717, 1.165) is 42.6 Å². The lowest BCUT2D eigenvalue weighted by Crippen LogP contribution is -2.08. The Morgan fingerprint density at radius 3 is 2.03 bits per heavy atom. The molecule has 6 heteroatoms. The molecule has 0 saturated carbocycles. The average molecular weight is 448 g/mol. The smallest absolute Gasteiger partial charge is 0.341 e. The molecule has 0 saturated heterocycles. The molecule has 0 amide bonds. The van der Waals surface area contributed by atoms with E-state index in [1.807, 2.05) is 67.5 Å². The van der Waals surface area contributed by atoms with Gasteiger partial charge in [-0.2, -0.15) is 10.2 Å². The first kappa shape index (κ1) is 24.1. The normalized spacial score (nSPS) is 11.0. The first-order valence-electron chi connectivity index (χ1n) is 11.2. The number of halogens is 1. The van der Waals surface area contributed by atoms with Crippen LogP contribution in [0.2, 0.25) is 0 Å². The maximum Gasteiger partial charge on any atom is 0.341 e. The number of hydrogen-bond acceptors (Lipinski definition) is 5. The van der Waals surface area contributed by atoms with Crippen molar-refractivity contribution in [2.24, 2.45) is 10.2 Å². The summed E-state index contributed by atoms with van der Waals surface area (Å²) >= 11 is 0. The zero-order valence-electron chi connectivity index (χ0n) is 19.4. The largest absolute Gasteiger partial charge is 0.462 e. The summed E-state index contributed by atoms with van der Waals surface area (Å²) in [6, 6.07) is 19.7. The quantitative estimate of drug-likeness (QED) is 0.182. The fourth-order valence-electron chi connectivity index (χ4n) is 3.29. The van der Waals surface area contributed by atoms with Gasteiger partial charge in [0.25, 0.3) is 0 Å². The molecule has 0 aliphatic heterocycles. The maximum absolute atomic E-state index is 14.5. The molecule has 0 fully saturated rings. The van der Waals surface area contributed by atoms with E-state index >= 15 is 0 Å². The van der Waals surface area contributed by atoms with Crippen LogP contribution < -0.4 is 4.90 Å². The van der Waals surface area contributed by atoms with E-state index in [9.17, 15) is 9.18 Å². The van der Waals surface area contributed by atoms with Crippen molar-refractivity contribution in [3.63, 3.8) is 0 Å². The van der Waals surface area contributed by atoms with Crippen molar-refractivity contribution in [3.05, 3.63) is 78.1 Å². The third kappa shape index (κ3) is 6.97. The topological polar surface area (TPSA) is 54.3 Å². The summed E-state index contributed by atoms with van der Waals surface area (Å²) in [4.78, 5) is 14.2. The summed E-state index contributed by atoms with van der Waals surface area (Å²) in [5, 5.41) is 8.52. The highest BCUT2D eigenvalue weighted by Crippen LogP contribution is 2.26. The molecular formula is C27H30FN3O2. The Hall–Kier alpha value is -3.54. The first-order chi connectivity index (χ1) is 16.0. The van der Waals surface area contributed by atoms with E-state index < -0.39 is 11.8 Å². The van der Waals surface area contributed by atoms with Gasteiger partial charge >= 0.3 is 5.97 Å². The Morgan fingerprint density at radius 1 is 0.848 bits per heavy atom. The van der Waals surface area contributed by atoms with Crippen LogP contribution in [-0.4, -0.2) is 26.7 Å². The van der Waals surface area contributed by atoms with E-state index in [-0.39, 0.29) is 5.56 Å². The summed E-state index contributed by atoms with van der Waals surface area (Å²) in [7, 11) is 3.97. The van der Waals surface area contributed by atoms with E-state index in [2.05, 4.69) is 17.2 Å². The van der Waals surface area contributed by atoms with Gasteiger partial charge in [-0.15, -0.1) is 0 Å². The molecule has 5 nitrogen and oxygen atoms in total. The minimum atomic E-state index is -0.620. The lowest BCUT2D eigenvalue weighted by atomic mass is 10.0. The molecule has 0 N–H and O–H groups in total. The molecule has 0 heterocycles. The molecular weight excluding hydrogens is 417 g/mol. The minimum Gasteiger partial charge on any atom is -0.462 e. The van der Waals surface area contributed by atoms with Crippen LogP contribution in [0.4, 0.5) is 21.5 Å². The molecule has 3 rings (SSSR count). The van der Waals surface area contributed by atoms with Gasteiger partial charge in [-0.3, -0.25) is 0 Å². The van der Waals surface area contributed by atoms with Gasteiger partial charge in [0.05, 0.1) is 23.5 Å². The van der Waals surface area contributed by atoms with Crippen LogP contribution in [0, 0.1) is 5.82 Å². The molecule has 0 aliphatic rings. The summed E-state index contributed by atoms with van der Waals surface area (Å²) in [5.41, 5.74) is 4.01. The van der Waals surface area contributed by atoms with Crippen molar-refractivity contribution in [2.45, 2.75) is 32.6 Å². The van der Waals surface area contributed by atoms with E-state index in [0.29, 0.717) is 17.9 Å². The van der Waals surface area contributed by atoms with E-state index in [1.165, 1.54) is 12.1 Å². The Kier molecular flexibility index (Phi) is 8.70. The molecule has 0 radical (unpaired) electrons. The number of esters is 1. The lowest BCUT2D eigenvalue weighted by molar-refractivity contribution is 0.0492. The molecule has 0 aromatic heterocycles. The second kappa shape index (κ2) is 11.9. The number of ether oxygens (including phenoxy) is 1. The number of benzene rings is 3. The lowest BCUT2D eigenvalue weighted by Gasteiger charge is -2.11. The standard InChI is InChI=1S/C27H30FN3O2/c1-4-5-6-7-18-33-27(32)25-17-10-21(19-26(25)28)20-8-11-22(12-9-20)29-30-23-13-15-24(16-14-23)31(2)3/h8-17,19H,4-7,18H2,1-3H3. The number of nitrogens with zero attached hydrogens (tertiary/aromatic N) is 3. The maximum atomic E-state index is 14.5. The van der Waals surface area contributed by atoms with Crippen LogP contribution in [0.1, 0.15) is 43.0 Å². The Morgan fingerprint density at radius 2 is 1.45 bits per heavy atom. The second-order valence-corrected chi connectivity index (χ2v) is 8.05. The van der Waals surface area contributed by atoms with Gasteiger partial charge < -0.3 is 9.64 Å². The van der Waals surface area contributed by atoms with Gasteiger partial charge in [-0.1, -0.05) is 44.4 Å². The third-order valence-corrected chi connectivity index (χ3v) is 5.27. The second-order valence-electron chi connectivity index (χ2n) is 8.05. The molecule has 3 aromatic rings. The van der Waals surface area contributed by atoms with Gasteiger partial charge in [0.1, 0.15) is 5.82 Å². The zero-order valence-corrected chi connectivity index (χ0v) is 19.4. The SMILES string of the molecule is CCCCCCOC(=O)c1ccc(-c2ccc(N=Nc3ccc(N(C)C)cc3)cc2)cc1F. The van der Waals surface area contributed by atoms with Crippen molar-refractivity contribution in [1.29, 1.82) is 0 Å². The number of azo groups is 1. The molecule has 0 spiro atoms. The number of anilines is 1. The highest BCUT2D eigenvalue weighted by Gasteiger charge is 2.14. The van der Waals surface area contributed by atoms with Crippen LogP contribution in [0.15, 0.2) is 77.0 Å². The highest BCUT2D eigenvalue weighted by atomic mass is 19.1. The van der Waals surface area contributed by atoms with Crippen LogP contribution >= 0.6 is 0 Å². The highest BCUT2D eigenvalue weighted by molar-refractivity contribution is 5.90. The zero-order chi connectivity index (χ0) is 23.6. The number of carbonyl (C=O) groups excluding carboxylic acids is 1. The summed E-state index contributed by atoms with van der Waals surface area (Å²) in [6.07, 6.45) is 4.01. The predicted molar refractivity (Wildman–Crippen MR) is 131 cm³/mol. The molecule has 0 aliphatic carbocycles. The van der Waals surface area contributed by atoms with Crippen molar-refractivity contribution in [2.75, 3.05) is 25.6 Å². The van der Waals surface area contributed by atoms with Crippen molar-refractivity contribution in [3.8, 4) is 11.1 Å². The number of unbranched alkanes of at least 4 members (excludes halogenated alkanes) is 3. The Bertz CT molecular complexity index is 1080. The Balaban J connectivity index is 1.62. The minimum absolute atomic E-state index is 0.0417. The molecule has 33 heavy (non-hydrogen) atoms. The summed E-state index contributed by atoms with van der Waals surface area (Å²) in [5.74, 6) is -1.21. The van der Waals surface area contributed by atoms with Crippen LogP contribution in [0.5, 0.6) is 0 Å². The van der Waals surface area contributed by atoms with Gasteiger partial charge in [0.15, 0.2) is 0 Å². The van der Waals surface area contributed by atoms with Crippen LogP contribution in [-0.2, 0) is 4.74 Å². The summed E-state index contributed by atoms with van der Waals surface area (Å²) in [6.45, 7) is 2.43. The Labute approximate surface area is 194 Å². The fraction of sp³-hybridized carbons (Fsp3) is 0.296. The van der Waals surface area contributed by atoms with Crippen molar-refractivity contribution < 1.29 is 13.9 Å². The van der Waals surface area contributed by atoms with Gasteiger partial charge in [0.2, 0.25) is 0 Å². The third-order valence-electron chi connectivity index (χ3n) is 5.27. The van der Waals surface area contributed by atoms with Crippen LogP contribution in [0.3, 0.4) is 0 Å². The van der Waals surface area contributed by atoms with Crippen molar-refractivity contribution >= 4 is 23.0 Å². The van der Waals surface area contributed by atoms with E-state index in [4.69, 9.17) is 4.74 Å². The number of hydrogen-bond donors (Lipinski definition) is 0. The van der Waals surface area contributed by atoms with E-state index in [1.54, 1.807) is 6.07 Å². The molecule has 172 valence electrons. The monoisotopic (exact) mass is 447 g/mol. The molecule has 3 aromatic carbocycles. The molecule has 0 atom stereocenters. The van der Waals surface area contributed by atoms with Gasteiger partial charge in [-0.25, -0.2) is 9.18 Å². The van der Waals surface area contributed by atoms with Crippen LogP contribution in [0.25, 0.3) is 11.1 Å². The fourth-order valence-corrected chi connectivity index (χ4v) is 3.29. The predicted octanol–water partition coefficient (Wildman–Crippen LogP) is 7.71. The van der Waals surface area contributed by atoms with Gasteiger partial charge in [0, 0.05) is 19.8 Å². The van der Waals surface area contributed by atoms with Gasteiger partial charge in [-0.05, 0) is 66.1 Å². The molecule has 0 bridgehead atoms.